The lowest BCUT2D eigenvalue weighted by Gasteiger charge is -2.28. The van der Waals surface area contributed by atoms with Gasteiger partial charge in [0.25, 0.3) is 0 Å². The Labute approximate surface area is 96.3 Å². The molecule has 1 aliphatic heterocycles. The first-order chi connectivity index (χ1) is 8.09. The van der Waals surface area contributed by atoms with Gasteiger partial charge in [0.05, 0.1) is 25.9 Å². The van der Waals surface area contributed by atoms with Crippen LogP contribution in [0, 0.1) is 17.5 Å². The van der Waals surface area contributed by atoms with Crippen LogP contribution in [0.1, 0.15) is 11.6 Å². The SMILES string of the molecule is NC(c1c(F)cc(F)cc1F)C1COCCO1. The van der Waals surface area contributed by atoms with Crippen molar-refractivity contribution in [3.05, 3.63) is 35.1 Å². The summed E-state index contributed by atoms with van der Waals surface area (Å²) in [6.07, 6.45) is -0.627. The lowest BCUT2D eigenvalue weighted by Crippen LogP contribution is -2.38. The Morgan fingerprint density at radius 2 is 1.82 bits per heavy atom. The fraction of sp³-hybridized carbons (Fsp3) is 0.455. The van der Waals surface area contributed by atoms with Crippen molar-refractivity contribution in [2.45, 2.75) is 12.1 Å². The second-order valence-corrected chi connectivity index (χ2v) is 3.79. The van der Waals surface area contributed by atoms with Crippen LogP contribution in [0.2, 0.25) is 0 Å². The van der Waals surface area contributed by atoms with E-state index in [1.165, 1.54) is 0 Å². The number of hydrogen-bond donors (Lipinski definition) is 1. The van der Waals surface area contributed by atoms with E-state index in [0.29, 0.717) is 25.3 Å². The van der Waals surface area contributed by atoms with E-state index in [1.807, 2.05) is 0 Å². The van der Waals surface area contributed by atoms with Crippen molar-refractivity contribution in [1.29, 1.82) is 0 Å². The van der Waals surface area contributed by atoms with Crippen LogP contribution >= 0.6 is 0 Å². The highest BCUT2D eigenvalue weighted by molar-refractivity contribution is 5.25. The molecule has 94 valence electrons. The van der Waals surface area contributed by atoms with E-state index in [2.05, 4.69) is 0 Å². The average Bonchev–Trinajstić information content (AvgIpc) is 2.28. The van der Waals surface area contributed by atoms with Crippen LogP contribution in [0.3, 0.4) is 0 Å². The smallest absolute Gasteiger partial charge is 0.133 e. The van der Waals surface area contributed by atoms with Gasteiger partial charge in [-0.05, 0) is 0 Å². The molecule has 0 aromatic heterocycles. The van der Waals surface area contributed by atoms with Crippen LogP contribution < -0.4 is 5.73 Å². The lowest BCUT2D eigenvalue weighted by molar-refractivity contribution is -0.0982. The Morgan fingerprint density at radius 3 is 2.35 bits per heavy atom. The minimum atomic E-state index is -1.02. The zero-order valence-corrected chi connectivity index (χ0v) is 8.96. The molecule has 17 heavy (non-hydrogen) atoms. The predicted octanol–water partition coefficient (Wildman–Crippen LogP) is 1.52. The lowest BCUT2D eigenvalue weighted by atomic mass is 10.0. The average molecular weight is 247 g/mol. The molecule has 6 heteroatoms. The highest BCUT2D eigenvalue weighted by Crippen LogP contribution is 2.25. The first-order valence-corrected chi connectivity index (χ1v) is 5.19. The number of halogens is 3. The van der Waals surface area contributed by atoms with Gasteiger partial charge in [0.15, 0.2) is 0 Å². The van der Waals surface area contributed by atoms with Gasteiger partial charge in [-0.2, -0.15) is 0 Å². The van der Waals surface area contributed by atoms with Crippen molar-refractivity contribution in [2.24, 2.45) is 5.73 Å². The molecule has 1 aliphatic rings. The third-order valence-corrected chi connectivity index (χ3v) is 2.62. The predicted molar refractivity (Wildman–Crippen MR) is 53.8 cm³/mol. The second-order valence-electron chi connectivity index (χ2n) is 3.79. The van der Waals surface area contributed by atoms with Gasteiger partial charge in [0.1, 0.15) is 23.6 Å². The first-order valence-electron chi connectivity index (χ1n) is 5.19. The summed E-state index contributed by atoms with van der Waals surface area (Å²) in [5.74, 6) is -3.00. The number of ether oxygens (including phenoxy) is 2. The molecule has 2 rings (SSSR count). The van der Waals surface area contributed by atoms with Crippen molar-refractivity contribution in [1.82, 2.24) is 0 Å². The number of hydrogen-bond acceptors (Lipinski definition) is 3. The van der Waals surface area contributed by atoms with Gasteiger partial charge in [-0.25, -0.2) is 13.2 Å². The van der Waals surface area contributed by atoms with Crippen LogP contribution in [0.25, 0.3) is 0 Å². The van der Waals surface area contributed by atoms with E-state index < -0.39 is 29.6 Å². The van der Waals surface area contributed by atoms with E-state index in [1.54, 1.807) is 0 Å². The summed E-state index contributed by atoms with van der Waals surface area (Å²) in [6.45, 7) is 0.915. The van der Waals surface area contributed by atoms with Crippen LogP contribution in [0.5, 0.6) is 0 Å². The van der Waals surface area contributed by atoms with E-state index in [9.17, 15) is 13.2 Å². The molecule has 0 radical (unpaired) electrons. The third kappa shape index (κ3) is 2.59. The molecule has 0 saturated carbocycles. The van der Waals surface area contributed by atoms with Gasteiger partial charge in [0.2, 0.25) is 0 Å². The fourth-order valence-corrected chi connectivity index (χ4v) is 1.77. The van der Waals surface area contributed by atoms with E-state index in [0.717, 1.165) is 0 Å². The molecule has 1 aromatic rings. The molecule has 0 spiro atoms. The maximum absolute atomic E-state index is 13.5. The Hall–Kier alpha value is -1.11. The molecule has 1 saturated heterocycles. The zero-order chi connectivity index (χ0) is 12.4. The normalized spacial score (nSPS) is 22.5. The van der Waals surface area contributed by atoms with Crippen molar-refractivity contribution >= 4 is 0 Å². The monoisotopic (exact) mass is 247 g/mol. The summed E-state index contributed by atoms with van der Waals surface area (Å²) in [4.78, 5) is 0. The van der Waals surface area contributed by atoms with Gasteiger partial charge in [-0.15, -0.1) is 0 Å². The largest absolute Gasteiger partial charge is 0.376 e. The van der Waals surface area contributed by atoms with Gasteiger partial charge in [-0.1, -0.05) is 0 Å². The fourth-order valence-electron chi connectivity index (χ4n) is 1.77. The number of nitrogens with two attached hydrogens (primary N) is 1. The van der Waals surface area contributed by atoms with Gasteiger partial charge < -0.3 is 15.2 Å². The number of benzene rings is 1. The quantitative estimate of drug-likeness (QED) is 0.861. The molecule has 1 aromatic carbocycles. The number of rotatable bonds is 2. The zero-order valence-electron chi connectivity index (χ0n) is 8.96. The Kier molecular flexibility index (Phi) is 3.66. The Morgan fingerprint density at radius 1 is 1.18 bits per heavy atom. The summed E-state index contributed by atoms with van der Waals surface area (Å²) in [5.41, 5.74) is 5.34. The molecular formula is C11H12F3NO2. The molecular weight excluding hydrogens is 235 g/mol. The standard InChI is InChI=1S/C11H12F3NO2/c12-6-3-7(13)10(8(14)4-6)11(15)9-5-16-1-2-17-9/h3-4,9,11H,1-2,5,15H2. The van der Waals surface area contributed by atoms with E-state index in [-0.39, 0.29) is 12.2 Å². The molecule has 3 nitrogen and oxygen atoms in total. The highest BCUT2D eigenvalue weighted by atomic mass is 19.1. The maximum Gasteiger partial charge on any atom is 0.133 e. The molecule has 2 atom stereocenters. The summed E-state index contributed by atoms with van der Waals surface area (Å²) in [7, 11) is 0. The van der Waals surface area contributed by atoms with Crippen LogP contribution in [0.4, 0.5) is 13.2 Å². The van der Waals surface area contributed by atoms with Crippen molar-refractivity contribution in [3.8, 4) is 0 Å². The van der Waals surface area contributed by atoms with E-state index >= 15 is 0 Å². The van der Waals surface area contributed by atoms with Crippen molar-refractivity contribution in [2.75, 3.05) is 19.8 Å². The highest BCUT2D eigenvalue weighted by Gasteiger charge is 2.28. The van der Waals surface area contributed by atoms with Crippen molar-refractivity contribution in [3.63, 3.8) is 0 Å². The van der Waals surface area contributed by atoms with Gasteiger partial charge in [-0.3, -0.25) is 0 Å². The van der Waals surface area contributed by atoms with Crippen LogP contribution in [0.15, 0.2) is 12.1 Å². The minimum Gasteiger partial charge on any atom is -0.376 e. The molecule has 2 N–H and O–H groups in total. The third-order valence-electron chi connectivity index (χ3n) is 2.62. The first kappa shape index (κ1) is 12.3. The Bertz CT molecular complexity index is 385. The van der Waals surface area contributed by atoms with Crippen LogP contribution in [-0.2, 0) is 9.47 Å². The van der Waals surface area contributed by atoms with Crippen molar-refractivity contribution < 1.29 is 22.6 Å². The van der Waals surface area contributed by atoms with E-state index in [4.69, 9.17) is 15.2 Å². The second kappa shape index (κ2) is 5.03. The molecule has 0 bridgehead atoms. The summed E-state index contributed by atoms with van der Waals surface area (Å²) in [5, 5.41) is 0. The van der Waals surface area contributed by atoms with Gasteiger partial charge in [0, 0.05) is 17.7 Å². The maximum atomic E-state index is 13.5. The van der Waals surface area contributed by atoms with Gasteiger partial charge >= 0.3 is 0 Å². The topological polar surface area (TPSA) is 44.5 Å². The van der Waals surface area contributed by atoms with Crippen LogP contribution in [-0.4, -0.2) is 25.9 Å². The summed E-state index contributed by atoms with van der Waals surface area (Å²) >= 11 is 0. The molecule has 0 aliphatic carbocycles. The molecule has 0 amide bonds. The Balaban J connectivity index is 2.26. The summed E-state index contributed by atoms with van der Waals surface area (Å²) < 4.78 is 50.0. The minimum absolute atomic E-state index is 0.164. The molecule has 1 heterocycles. The summed E-state index contributed by atoms with van der Waals surface area (Å²) in [6, 6.07) is 0.181. The molecule has 2 unspecified atom stereocenters. The molecule has 1 fully saturated rings.